The van der Waals surface area contributed by atoms with E-state index in [4.69, 9.17) is 5.73 Å². The summed E-state index contributed by atoms with van der Waals surface area (Å²) in [6.07, 6.45) is 2.58. The zero-order valence-corrected chi connectivity index (χ0v) is 13.5. The Kier molecular flexibility index (Phi) is 5.57. The van der Waals surface area contributed by atoms with Crippen LogP contribution in [0.15, 0.2) is 52.1 Å². The maximum Gasteiger partial charge on any atom is 0.123 e. The number of halogens is 2. The summed E-state index contributed by atoms with van der Waals surface area (Å²) in [5, 5.41) is 0.871. The Labute approximate surface area is 131 Å². The largest absolute Gasteiger partial charge is 0.326 e. The van der Waals surface area contributed by atoms with Crippen LogP contribution in [0.5, 0.6) is 0 Å². The van der Waals surface area contributed by atoms with Crippen LogP contribution in [0, 0.1) is 5.82 Å². The molecule has 0 saturated heterocycles. The first-order valence-electron chi connectivity index (χ1n) is 6.39. The number of hydrogen-bond acceptors (Lipinski definition) is 3. The molecular formula is C15H16BrFN2S. The summed E-state index contributed by atoms with van der Waals surface area (Å²) in [4.78, 5) is 4.35. The molecule has 2 atom stereocenters. The molecular weight excluding hydrogens is 339 g/mol. The highest BCUT2D eigenvalue weighted by Gasteiger charge is 2.21. The van der Waals surface area contributed by atoms with Crippen molar-refractivity contribution >= 4 is 27.7 Å². The monoisotopic (exact) mass is 354 g/mol. The molecule has 0 amide bonds. The third kappa shape index (κ3) is 4.04. The average molecular weight is 355 g/mol. The molecule has 0 saturated carbocycles. The van der Waals surface area contributed by atoms with Gasteiger partial charge in [0, 0.05) is 16.7 Å². The van der Waals surface area contributed by atoms with Gasteiger partial charge >= 0.3 is 0 Å². The van der Waals surface area contributed by atoms with Crippen molar-refractivity contribution in [2.24, 2.45) is 5.73 Å². The van der Waals surface area contributed by atoms with E-state index in [0.717, 1.165) is 21.5 Å². The number of benzene rings is 1. The van der Waals surface area contributed by atoms with Gasteiger partial charge in [-0.2, -0.15) is 0 Å². The molecule has 0 fully saturated rings. The second-order valence-electron chi connectivity index (χ2n) is 4.48. The molecule has 5 heteroatoms. The van der Waals surface area contributed by atoms with Gasteiger partial charge in [-0.25, -0.2) is 9.37 Å². The molecule has 106 valence electrons. The molecule has 1 aromatic heterocycles. The number of rotatable bonds is 5. The summed E-state index contributed by atoms with van der Waals surface area (Å²) in [5.74, 6) is -0.236. The van der Waals surface area contributed by atoms with E-state index in [2.05, 4.69) is 20.9 Å². The number of pyridine rings is 1. The van der Waals surface area contributed by atoms with Crippen LogP contribution in [0.3, 0.4) is 0 Å². The first-order valence-corrected chi connectivity index (χ1v) is 8.06. The van der Waals surface area contributed by atoms with E-state index in [-0.39, 0.29) is 17.1 Å². The quantitative estimate of drug-likeness (QED) is 0.800. The van der Waals surface area contributed by atoms with Gasteiger partial charge in [-0.15, -0.1) is 0 Å². The van der Waals surface area contributed by atoms with Gasteiger partial charge in [0.25, 0.3) is 0 Å². The van der Waals surface area contributed by atoms with Gasteiger partial charge in [-0.1, -0.05) is 30.8 Å². The summed E-state index contributed by atoms with van der Waals surface area (Å²) < 4.78 is 14.3. The Hall–Kier alpha value is -0.910. The van der Waals surface area contributed by atoms with E-state index in [9.17, 15) is 4.39 Å². The van der Waals surface area contributed by atoms with Crippen LogP contribution in [-0.4, -0.2) is 11.0 Å². The zero-order valence-electron chi connectivity index (χ0n) is 11.1. The van der Waals surface area contributed by atoms with Gasteiger partial charge in [0.15, 0.2) is 0 Å². The topological polar surface area (TPSA) is 38.9 Å². The molecule has 0 spiro atoms. The van der Waals surface area contributed by atoms with E-state index in [1.54, 1.807) is 30.1 Å². The molecule has 20 heavy (non-hydrogen) atoms. The lowest BCUT2D eigenvalue weighted by Crippen LogP contribution is -2.25. The van der Waals surface area contributed by atoms with Crippen molar-refractivity contribution in [3.05, 3.63) is 58.4 Å². The lowest BCUT2D eigenvalue weighted by atomic mass is 10.0. The molecule has 2 nitrogen and oxygen atoms in total. The van der Waals surface area contributed by atoms with Crippen molar-refractivity contribution in [3.8, 4) is 0 Å². The summed E-state index contributed by atoms with van der Waals surface area (Å²) >= 11 is 4.93. The second-order valence-corrected chi connectivity index (χ2v) is 6.56. The van der Waals surface area contributed by atoms with E-state index >= 15 is 0 Å². The third-order valence-electron chi connectivity index (χ3n) is 2.99. The van der Waals surface area contributed by atoms with Crippen molar-refractivity contribution < 1.29 is 4.39 Å². The SMILES string of the molecule is CCC(N)C(Sc1ccc(Br)cn1)c1cccc(F)c1. The van der Waals surface area contributed by atoms with Gasteiger partial charge < -0.3 is 5.73 Å². The molecule has 1 aromatic carbocycles. The number of thioether (sulfide) groups is 1. The van der Waals surface area contributed by atoms with Crippen LogP contribution in [0.2, 0.25) is 0 Å². The Morgan fingerprint density at radius 2 is 2.15 bits per heavy atom. The zero-order chi connectivity index (χ0) is 14.5. The Bertz CT molecular complexity index is 562. The summed E-state index contributed by atoms with van der Waals surface area (Å²) in [7, 11) is 0. The fraction of sp³-hybridized carbons (Fsp3) is 0.267. The first kappa shape index (κ1) is 15.5. The van der Waals surface area contributed by atoms with Crippen molar-refractivity contribution in [3.63, 3.8) is 0 Å². The maximum atomic E-state index is 13.4. The molecule has 0 aliphatic carbocycles. The summed E-state index contributed by atoms with van der Waals surface area (Å²) in [6.45, 7) is 2.03. The molecule has 2 N–H and O–H groups in total. The van der Waals surface area contributed by atoms with Crippen LogP contribution in [-0.2, 0) is 0 Å². The first-order chi connectivity index (χ1) is 9.60. The average Bonchev–Trinajstić information content (AvgIpc) is 2.46. The van der Waals surface area contributed by atoms with Gasteiger partial charge in [0.1, 0.15) is 5.82 Å². The van der Waals surface area contributed by atoms with Gasteiger partial charge in [-0.05, 0) is 52.2 Å². The molecule has 2 aromatic rings. The number of nitrogens with zero attached hydrogens (tertiary/aromatic N) is 1. The molecule has 0 aliphatic rings. The Balaban J connectivity index is 2.26. The minimum absolute atomic E-state index is 0.00984. The predicted molar refractivity (Wildman–Crippen MR) is 85.2 cm³/mol. The highest BCUT2D eigenvalue weighted by Crippen LogP contribution is 2.37. The minimum Gasteiger partial charge on any atom is -0.326 e. The van der Waals surface area contributed by atoms with Crippen molar-refractivity contribution in [1.82, 2.24) is 4.98 Å². The van der Waals surface area contributed by atoms with E-state index in [0.29, 0.717) is 0 Å². The minimum atomic E-state index is -0.236. The Morgan fingerprint density at radius 1 is 1.35 bits per heavy atom. The molecule has 0 aliphatic heterocycles. The fourth-order valence-corrected chi connectivity index (χ4v) is 3.27. The third-order valence-corrected chi connectivity index (χ3v) is 4.81. The molecule has 0 bridgehead atoms. The smallest absolute Gasteiger partial charge is 0.123 e. The van der Waals surface area contributed by atoms with Crippen molar-refractivity contribution in [2.45, 2.75) is 29.7 Å². The second kappa shape index (κ2) is 7.20. The lowest BCUT2D eigenvalue weighted by molar-refractivity contribution is 0.609. The van der Waals surface area contributed by atoms with Crippen molar-refractivity contribution in [1.29, 1.82) is 0 Å². The number of hydrogen-bond donors (Lipinski definition) is 1. The number of nitrogens with two attached hydrogens (primary N) is 1. The van der Waals surface area contributed by atoms with Gasteiger partial charge in [0.2, 0.25) is 0 Å². The summed E-state index contributed by atoms with van der Waals surface area (Å²) in [6, 6.07) is 10.4. The molecule has 1 heterocycles. The van der Waals surface area contributed by atoms with Crippen molar-refractivity contribution in [2.75, 3.05) is 0 Å². The van der Waals surface area contributed by atoms with Crippen LogP contribution in [0.4, 0.5) is 4.39 Å². The fourth-order valence-electron chi connectivity index (χ4n) is 1.86. The van der Waals surface area contributed by atoms with Crippen LogP contribution < -0.4 is 5.73 Å². The summed E-state index contributed by atoms with van der Waals surface area (Å²) in [5.41, 5.74) is 7.09. The maximum absolute atomic E-state index is 13.4. The molecule has 2 rings (SSSR count). The normalized spacial score (nSPS) is 14.0. The van der Waals surface area contributed by atoms with E-state index < -0.39 is 0 Å². The molecule has 2 unspecified atom stereocenters. The van der Waals surface area contributed by atoms with Gasteiger partial charge in [0.05, 0.1) is 10.3 Å². The van der Waals surface area contributed by atoms with Crippen LogP contribution in [0.25, 0.3) is 0 Å². The van der Waals surface area contributed by atoms with E-state index in [1.807, 2.05) is 25.1 Å². The molecule has 0 radical (unpaired) electrons. The van der Waals surface area contributed by atoms with Gasteiger partial charge in [-0.3, -0.25) is 0 Å². The van der Waals surface area contributed by atoms with E-state index in [1.165, 1.54) is 6.07 Å². The highest BCUT2D eigenvalue weighted by molar-refractivity contribution is 9.10. The number of aromatic nitrogens is 1. The Morgan fingerprint density at radius 3 is 2.75 bits per heavy atom. The van der Waals surface area contributed by atoms with Crippen LogP contribution in [0.1, 0.15) is 24.2 Å². The lowest BCUT2D eigenvalue weighted by Gasteiger charge is -2.22. The van der Waals surface area contributed by atoms with Crippen LogP contribution >= 0.6 is 27.7 Å². The standard InChI is InChI=1S/C15H16BrFN2S/c1-2-13(18)15(10-4-3-5-12(17)8-10)20-14-7-6-11(16)9-19-14/h3-9,13,15H,2,18H2,1H3. The predicted octanol–water partition coefficient (Wildman–Crippen LogP) is 4.55. The highest BCUT2D eigenvalue weighted by atomic mass is 79.9.